The fourth-order valence-corrected chi connectivity index (χ4v) is 2.50. The van der Waals surface area contributed by atoms with Gasteiger partial charge in [0.1, 0.15) is 0 Å². The number of amides is 1. The van der Waals surface area contributed by atoms with Crippen LogP contribution in [0.3, 0.4) is 0 Å². The van der Waals surface area contributed by atoms with Gasteiger partial charge in [-0.25, -0.2) is 0 Å². The molecule has 0 saturated carbocycles. The first-order valence-electron chi connectivity index (χ1n) is 8.50. The predicted molar refractivity (Wildman–Crippen MR) is 101 cm³/mol. The fourth-order valence-electron chi connectivity index (χ4n) is 2.50. The molecule has 2 rings (SSSR count). The summed E-state index contributed by atoms with van der Waals surface area (Å²) in [5.74, 6) is -0.907. The lowest BCUT2D eigenvalue weighted by molar-refractivity contribution is -0.146. The highest BCUT2D eigenvalue weighted by atomic mass is 16.5. The number of methoxy groups -OCH3 is 1. The molecule has 136 valence electrons. The molecule has 1 aromatic heterocycles. The average Bonchev–Trinajstić information content (AvgIpc) is 2.66. The molecule has 0 spiro atoms. The zero-order valence-corrected chi connectivity index (χ0v) is 15.4. The number of benzene rings is 1. The first-order valence-corrected chi connectivity index (χ1v) is 8.50. The van der Waals surface area contributed by atoms with Crippen LogP contribution in [-0.4, -0.2) is 35.4 Å². The lowest BCUT2D eigenvalue weighted by Gasteiger charge is -2.24. The number of hydrogen-bond donors (Lipinski definition) is 0. The van der Waals surface area contributed by atoms with Crippen molar-refractivity contribution in [2.75, 3.05) is 13.7 Å². The minimum atomic E-state index is -0.409. The van der Waals surface area contributed by atoms with E-state index in [1.807, 2.05) is 43.3 Å². The second-order valence-corrected chi connectivity index (χ2v) is 6.25. The summed E-state index contributed by atoms with van der Waals surface area (Å²) in [5, 5.41) is 0. The molecule has 1 amide bonds. The molecular weight excluding hydrogens is 328 g/mol. The number of pyridine rings is 1. The van der Waals surface area contributed by atoms with Crippen LogP contribution < -0.4 is 0 Å². The van der Waals surface area contributed by atoms with Crippen molar-refractivity contribution in [3.8, 4) is 0 Å². The Labute approximate surface area is 154 Å². The van der Waals surface area contributed by atoms with Gasteiger partial charge in [0.15, 0.2) is 0 Å². The zero-order chi connectivity index (χ0) is 18.9. The Hall–Kier alpha value is -2.95. The zero-order valence-electron chi connectivity index (χ0n) is 15.4. The van der Waals surface area contributed by atoms with Gasteiger partial charge in [-0.15, -0.1) is 0 Å². The number of rotatable bonds is 7. The van der Waals surface area contributed by atoms with Gasteiger partial charge in [-0.2, -0.15) is 0 Å². The van der Waals surface area contributed by atoms with Crippen LogP contribution in [0.15, 0.2) is 54.9 Å². The highest BCUT2D eigenvalue weighted by Crippen LogP contribution is 2.11. The van der Waals surface area contributed by atoms with E-state index in [1.54, 1.807) is 30.3 Å². The molecule has 26 heavy (non-hydrogen) atoms. The SMILES string of the molecule is COC(=O)C(C)CN(Cc1cccnc1)C(=O)/C=C/c1ccc(C)cc1. The lowest BCUT2D eigenvalue weighted by Crippen LogP contribution is -2.35. The Balaban J connectivity index is 2.13. The van der Waals surface area contributed by atoms with Crippen molar-refractivity contribution < 1.29 is 14.3 Å². The summed E-state index contributed by atoms with van der Waals surface area (Å²) in [6, 6.07) is 11.6. The smallest absolute Gasteiger partial charge is 0.310 e. The summed E-state index contributed by atoms with van der Waals surface area (Å²) in [4.78, 5) is 30.2. The predicted octanol–water partition coefficient (Wildman–Crippen LogP) is 3.24. The molecule has 0 aliphatic heterocycles. The second-order valence-electron chi connectivity index (χ2n) is 6.25. The Morgan fingerprint density at radius 1 is 1.23 bits per heavy atom. The molecule has 2 aromatic rings. The minimum absolute atomic E-state index is 0.162. The van der Waals surface area contributed by atoms with Gasteiger partial charge in [0.2, 0.25) is 5.91 Å². The van der Waals surface area contributed by atoms with E-state index in [2.05, 4.69) is 4.98 Å². The van der Waals surface area contributed by atoms with E-state index >= 15 is 0 Å². The van der Waals surface area contributed by atoms with Gasteiger partial charge < -0.3 is 9.64 Å². The number of hydrogen-bond acceptors (Lipinski definition) is 4. The molecule has 1 heterocycles. The van der Waals surface area contributed by atoms with Crippen molar-refractivity contribution >= 4 is 18.0 Å². The number of aromatic nitrogens is 1. The summed E-state index contributed by atoms with van der Waals surface area (Å²) < 4.78 is 4.78. The maximum atomic E-state index is 12.7. The van der Waals surface area contributed by atoms with E-state index in [-0.39, 0.29) is 18.4 Å². The van der Waals surface area contributed by atoms with Crippen molar-refractivity contribution in [1.29, 1.82) is 0 Å². The molecule has 1 aromatic carbocycles. The van der Waals surface area contributed by atoms with Crippen LogP contribution in [-0.2, 0) is 20.9 Å². The first kappa shape index (κ1) is 19.4. The average molecular weight is 352 g/mol. The van der Waals surface area contributed by atoms with Crippen LogP contribution in [0.5, 0.6) is 0 Å². The molecule has 0 radical (unpaired) electrons. The Kier molecular flexibility index (Phi) is 7.09. The van der Waals surface area contributed by atoms with E-state index in [1.165, 1.54) is 18.7 Å². The number of carbonyl (C=O) groups is 2. The number of nitrogens with zero attached hydrogens (tertiary/aromatic N) is 2. The lowest BCUT2D eigenvalue weighted by atomic mass is 10.1. The number of esters is 1. The van der Waals surface area contributed by atoms with E-state index in [0.29, 0.717) is 6.54 Å². The monoisotopic (exact) mass is 352 g/mol. The molecule has 0 fully saturated rings. The molecule has 5 nitrogen and oxygen atoms in total. The molecular formula is C21H24N2O3. The summed E-state index contributed by atoms with van der Waals surface area (Å²) in [6.07, 6.45) is 6.71. The third-order valence-electron chi connectivity index (χ3n) is 4.00. The highest BCUT2D eigenvalue weighted by Gasteiger charge is 2.20. The van der Waals surface area contributed by atoms with Crippen LogP contribution in [0.4, 0.5) is 0 Å². The molecule has 1 unspecified atom stereocenters. The van der Waals surface area contributed by atoms with Gasteiger partial charge >= 0.3 is 5.97 Å². The van der Waals surface area contributed by atoms with Gasteiger partial charge in [0, 0.05) is 31.6 Å². The van der Waals surface area contributed by atoms with Crippen LogP contribution >= 0.6 is 0 Å². The van der Waals surface area contributed by atoms with Gasteiger partial charge in [-0.1, -0.05) is 42.8 Å². The molecule has 0 aliphatic rings. The number of carbonyl (C=O) groups excluding carboxylic acids is 2. The number of aryl methyl sites for hydroxylation is 1. The maximum Gasteiger partial charge on any atom is 0.310 e. The van der Waals surface area contributed by atoms with Crippen LogP contribution in [0.1, 0.15) is 23.6 Å². The Morgan fingerprint density at radius 3 is 2.58 bits per heavy atom. The third kappa shape index (κ3) is 5.84. The van der Waals surface area contributed by atoms with Gasteiger partial charge in [-0.3, -0.25) is 14.6 Å². The molecule has 0 N–H and O–H groups in total. The Morgan fingerprint density at radius 2 is 1.96 bits per heavy atom. The van der Waals surface area contributed by atoms with Crippen LogP contribution in [0.25, 0.3) is 6.08 Å². The molecule has 0 saturated heterocycles. The van der Waals surface area contributed by atoms with Gasteiger partial charge in [0.05, 0.1) is 13.0 Å². The van der Waals surface area contributed by atoms with Crippen molar-refractivity contribution in [2.45, 2.75) is 20.4 Å². The molecule has 5 heteroatoms. The summed E-state index contributed by atoms with van der Waals surface area (Å²) in [5.41, 5.74) is 3.02. The summed E-state index contributed by atoms with van der Waals surface area (Å²) in [7, 11) is 1.35. The van der Waals surface area contributed by atoms with Gasteiger partial charge in [-0.05, 0) is 30.2 Å². The largest absolute Gasteiger partial charge is 0.469 e. The van der Waals surface area contributed by atoms with Crippen LogP contribution in [0, 0.1) is 12.8 Å². The standard InChI is InChI=1S/C21H24N2O3/c1-16-6-8-18(9-7-16)10-11-20(24)23(14-17(2)21(25)26-3)15-19-5-4-12-22-13-19/h4-13,17H,14-15H2,1-3H3/b11-10+. The number of ether oxygens (including phenoxy) is 1. The second kappa shape index (κ2) is 9.51. The van der Waals surface area contributed by atoms with Crippen LogP contribution in [0.2, 0.25) is 0 Å². The third-order valence-corrected chi connectivity index (χ3v) is 4.00. The normalized spacial score (nSPS) is 12.0. The quantitative estimate of drug-likeness (QED) is 0.567. The van der Waals surface area contributed by atoms with E-state index in [9.17, 15) is 9.59 Å². The molecule has 1 atom stereocenters. The Bertz CT molecular complexity index is 755. The van der Waals surface area contributed by atoms with Crippen molar-refractivity contribution in [3.05, 3.63) is 71.6 Å². The first-order chi connectivity index (χ1) is 12.5. The van der Waals surface area contributed by atoms with Gasteiger partial charge in [0.25, 0.3) is 0 Å². The highest BCUT2D eigenvalue weighted by molar-refractivity contribution is 5.92. The topological polar surface area (TPSA) is 59.5 Å². The van der Waals surface area contributed by atoms with Crippen molar-refractivity contribution in [1.82, 2.24) is 9.88 Å². The fraction of sp³-hybridized carbons (Fsp3) is 0.286. The van der Waals surface area contributed by atoms with Crippen molar-refractivity contribution in [3.63, 3.8) is 0 Å². The van der Waals surface area contributed by atoms with E-state index in [4.69, 9.17) is 4.74 Å². The summed E-state index contributed by atoms with van der Waals surface area (Å²) >= 11 is 0. The molecule has 0 bridgehead atoms. The minimum Gasteiger partial charge on any atom is -0.469 e. The van der Waals surface area contributed by atoms with E-state index in [0.717, 1.165) is 11.1 Å². The van der Waals surface area contributed by atoms with E-state index < -0.39 is 5.92 Å². The molecule has 0 aliphatic carbocycles. The maximum absolute atomic E-state index is 12.7. The summed E-state index contributed by atoms with van der Waals surface area (Å²) in [6.45, 7) is 4.42. The van der Waals surface area contributed by atoms with Crippen molar-refractivity contribution in [2.24, 2.45) is 5.92 Å².